The Kier molecular flexibility index (Phi) is 2.58. The first-order valence-electron chi connectivity index (χ1n) is 9.21. The van der Waals surface area contributed by atoms with Crippen LogP contribution in [0.1, 0.15) is 58.3 Å². The molecule has 1 saturated heterocycles. The summed E-state index contributed by atoms with van der Waals surface area (Å²) in [4.78, 5) is 37.9. The number of hydrogen-bond donors (Lipinski definition) is 0. The van der Waals surface area contributed by atoms with Crippen LogP contribution in [0.25, 0.3) is 0 Å². The van der Waals surface area contributed by atoms with E-state index in [1.165, 1.54) is 0 Å². The quantitative estimate of drug-likeness (QED) is 0.551. The molecule has 0 aromatic carbocycles. The van der Waals surface area contributed by atoms with E-state index < -0.39 is 11.0 Å². The third-order valence-corrected chi connectivity index (χ3v) is 8.31. The first-order valence-corrected chi connectivity index (χ1v) is 9.21. The Morgan fingerprint density at radius 1 is 1.09 bits per heavy atom. The molecule has 0 aromatic heterocycles. The Morgan fingerprint density at radius 2 is 1.87 bits per heavy atom. The van der Waals surface area contributed by atoms with E-state index in [1.807, 2.05) is 0 Å². The standard InChI is InChI=1S/C19H24O4/c1-17-9-6-12-14(11(17)4-5-13(17)21)15(22)16-19(23-16)8-3-2-7-18(12,19)10-20/h10-12,14,16H,2-9H2,1H3/t11-,12-,14-,16+,17-,18-,19+/m0/s1. The van der Waals surface area contributed by atoms with Crippen LogP contribution < -0.4 is 0 Å². The predicted molar refractivity (Wildman–Crippen MR) is 81.6 cm³/mol. The van der Waals surface area contributed by atoms with Crippen molar-refractivity contribution in [1.29, 1.82) is 0 Å². The number of fused-ring (bicyclic) bond motifs is 4. The van der Waals surface area contributed by atoms with E-state index >= 15 is 0 Å². The minimum absolute atomic E-state index is 0.0931. The van der Waals surface area contributed by atoms with Gasteiger partial charge in [-0.15, -0.1) is 0 Å². The van der Waals surface area contributed by atoms with Gasteiger partial charge in [0.1, 0.15) is 23.8 Å². The van der Waals surface area contributed by atoms with E-state index in [0.29, 0.717) is 12.2 Å². The second kappa shape index (κ2) is 4.14. The summed E-state index contributed by atoms with van der Waals surface area (Å²) < 4.78 is 6.01. The summed E-state index contributed by atoms with van der Waals surface area (Å²) >= 11 is 0. The molecule has 4 aliphatic carbocycles. The van der Waals surface area contributed by atoms with Crippen LogP contribution in [-0.4, -0.2) is 29.6 Å². The monoisotopic (exact) mass is 316 g/mol. The second-order valence-electron chi connectivity index (χ2n) is 8.81. The van der Waals surface area contributed by atoms with Gasteiger partial charge >= 0.3 is 0 Å². The maximum absolute atomic E-state index is 13.1. The van der Waals surface area contributed by atoms with Crippen LogP contribution in [0.15, 0.2) is 0 Å². The highest BCUT2D eigenvalue weighted by Gasteiger charge is 2.80. The Hall–Kier alpha value is -1.03. The minimum atomic E-state index is -0.485. The summed E-state index contributed by atoms with van der Waals surface area (Å²) in [6.45, 7) is 2.06. The Morgan fingerprint density at radius 3 is 2.65 bits per heavy atom. The summed E-state index contributed by atoms with van der Waals surface area (Å²) in [5, 5.41) is 0. The maximum atomic E-state index is 13.1. The van der Waals surface area contributed by atoms with Crippen LogP contribution in [-0.2, 0) is 19.1 Å². The zero-order chi connectivity index (χ0) is 16.0. The summed E-state index contributed by atoms with van der Waals surface area (Å²) in [5.74, 6) is 0.618. The van der Waals surface area contributed by atoms with Crippen molar-refractivity contribution in [2.45, 2.75) is 70.0 Å². The zero-order valence-corrected chi connectivity index (χ0v) is 13.7. The molecule has 23 heavy (non-hydrogen) atoms. The summed E-state index contributed by atoms with van der Waals surface area (Å²) in [5.41, 5.74) is -1.30. The molecular formula is C19H24O4. The van der Waals surface area contributed by atoms with Crippen molar-refractivity contribution in [2.24, 2.45) is 28.6 Å². The summed E-state index contributed by atoms with van der Waals surface area (Å²) in [6.07, 6.45) is 7.67. The van der Waals surface area contributed by atoms with Gasteiger partial charge in [0.15, 0.2) is 5.78 Å². The lowest BCUT2D eigenvalue weighted by molar-refractivity contribution is -0.154. The molecule has 4 nitrogen and oxygen atoms in total. The molecule has 124 valence electrons. The first kappa shape index (κ1) is 14.3. The van der Waals surface area contributed by atoms with Crippen LogP contribution in [0.2, 0.25) is 0 Å². The zero-order valence-electron chi connectivity index (χ0n) is 13.7. The molecule has 4 saturated carbocycles. The third kappa shape index (κ3) is 1.38. The molecule has 1 heterocycles. The van der Waals surface area contributed by atoms with E-state index in [-0.39, 0.29) is 35.1 Å². The number of carbonyl (C=O) groups excluding carboxylic acids is 3. The van der Waals surface area contributed by atoms with Gasteiger partial charge in [0.25, 0.3) is 0 Å². The Labute approximate surface area is 136 Å². The van der Waals surface area contributed by atoms with Gasteiger partial charge in [-0.05, 0) is 43.9 Å². The SMILES string of the molecule is C[C@]12CC[C@H]3[C@@H](C(=O)[C@H]4O[C@]45CCCC[C@]35C=O)[C@@H]1CCC2=O. The fraction of sp³-hybridized carbons (Fsp3) is 0.842. The van der Waals surface area contributed by atoms with Crippen LogP contribution in [0, 0.1) is 28.6 Å². The molecule has 0 radical (unpaired) electrons. The molecule has 0 N–H and O–H groups in total. The Bertz CT molecular complexity index is 627. The van der Waals surface area contributed by atoms with E-state index in [4.69, 9.17) is 4.74 Å². The van der Waals surface area contributed by atoms with Gasteiger partial charge in [-0.2, -0.15) is 0 Å². The van der Waals surface area contributed by atoms with Gasteiger partial charge in [0.05, 0.1) is 5.41 Å². The van der Waals surface area contributed by atoms with E-state index in [2.05, 4.69) is 6.92 Å². The van der Waals surface area contributed by atoms with Gasteiger partial charge in [0, 0.05) is 17.8 Å². The van der Waals surface area contributed by atoms with Crippen molar-refractivity contribution in [3.8, 4) is 0 Å². The number of ketones is 2. The van der Waals surface area contributed by atoms with Crippen LogP contribution in [0.4, 0.5) is 0 Å². The van der Waals surface area contributed by atoms with Crippen molar-refractivity contribution in [2.75, 3.05) is 0 Å². The van der Waals surface area contributed by atoms with Crippen molar-refractivity contribution in [3.63, 3.8) is 0 Å². The topological polar surface area (TPSA) is 63.7 Å². The van der Waals surface area contributed by atoms with Gasteiger partial charge in [-0.25, -0.2) is 0 Å². The lowest BCUT2D eigenvalue weighted by Crippen LogP contribution is -2.62. The maximum Gasteiger partial charge on any atom is 0.168 e. The van der Waals surface area contributed by atoms with Crippen LogP contribution in [0.5, 0.6) is 0 Å². The molecule has 5 rings (SSSR count). The van der Waals surface area contributed by atoms with Gasteiger partial charge < -0.3 is 9.53 Å². The molecule has 1 aliphatic heterocycles. The molecule has 0 aromatic rings. The molecule has 4 heteroatoms. The molecule has 0 unspecified atom stereocenters. The normalized spacial score (nSPS) is 57.1. The highest BCUT2D eigenvalue weighted by atomic mass is 16.6. The lowest BCUT2D eigenvalue weighted by Gasteiger charge is -2.55. The fourth-order valence-corrected chi connectivity index (χ4v) is 7.07. The average Bonchev–Trinajstić information content (AvgIpc) is 3.21. The summed E-state index contributed by atoms with van der Waals surface area (Å²) in [7, 11) is 0. The number of hydrogen-bond acceptors (Lipinski definition) is 4. The molecule has 7 atom stereocenters. The summed E-state index contributed by atoms with van der Waals surface area (Å²) in [6, 6.07) is 0. The number of carbonyl (C=O) groups is 3. The molecule has 1 spiro atoms. The highest BCUT2D eigenvalue weighted by molar-refractivity contribution is 5.96. The third-order valence-electron chi connectivity index (χ3n) is 8.31. The minimum Gasteiger partial charge on any atom is -0.357 e. The van der Waals surface area contributed by atoms with E-state index in [9.17, 15) is 14.4 Å². The second-order valence-corrected chi connectivity index (χ2v) is 8.81. The molecule has 0 bridgehead atoms. The van der Waals surface area contributed by atoms with Crippen LogP contribution >= 0.6 is 0 Å². The number of rotatable bonds is 1. The van der Waals surface area contributed by atoms with Crippen molar-refractivity contribution in [1.82, 2.24) is 0 Å². The van der Waals surface area contributed by atoms with E-state index in [0.717, 1.165) is 51.2 Å². The largest absolute Gasteiger partial charge is 0.357 e. The van der Waals surface area contributed by atoms with Crippen molar-refractivity contribution >= 4 is 17.9 Å². The molecule has 5 aliphatic rings. The van der Waals surface area contributed by atoms with Crippen molar-refractivity contribution in [3.05, 3.63) is 0 Å². The first-order chi connectivity index (χ1) is 11.0. The Balaban J connectivity index is 1.63. The van der Waals surface area contributed by atoms with Gasteiger partial charge in [-0.3, -0.25) is 9.59 Å². The van der Waals surface area contributed by atoms with Gasteiger partial charge in [0.2, 0.25) is 0 Å². The smallest absolute Gasteiger partial charge is 0.168 e. The predicted octanol–water partition coefficient (Wildman–Crippen LogP) is 2.48. The fourth-order valence-electron chi connectivity index (χ4n) is 7.07. The number of ether oxygens (including phenoxy) is 1. The van der Waals surface area contributed by atoms with Crippen molar-refractivity contribution < 1.29 is 19.1 Å². The van der Waals surface area contributed by atoms with Gasteiger partial charge in [-0.1, -0.05) is 19.8 Å². The number of epoxide rings is 1. The molecular weight excluding hydrogens is 292 g/mol. The number of aldehydes is 1. The molecule has 5 fully saturated rings. The van der Waals surface area contributed by atoms with E-state index in [1.54, 1.807) is 0 Å². The average molecular weight is 316 g/mol. The lowest BCUT2D eigenvalue weighted by atomic mass is 9.44. The highest BCUT2D eigenvalue weighted by Crippen LogP contribution is 2.71. The van der Waals surface area contributed by atoms with Crippen LogP contribution in [0.3, 0.4) is 0 Å². The number of Topliss-reactive ketones (excluding diaryl/α,β-unsaturated/α-hetero) is 2. The molecule has 0 amide bonds.